The Kier molecular flexibility index (Phi) is 7.61. The fourth-order valence-corrected chi connectivity index (χ4v) is 2.95. The van der Waals surface area contributed by atoms with E-state index in [9.17, 15) is 14.4 Å². The summed E-state index contributed by atoms with van der Waals surface area (Å²) in [4.78, 5) is 36.1. The van der Waals surface area contributed by atoms with Crippen molar-refractivity contribution in [3.63, 3.8) is 0 Å². The van der Waals surface area contributed by atoms with Gasteiger partial charge in [-0.15, -0.1) is 0 Å². The number of urea groups is 1. The van der Waals surface area contributed by atoms with Gasteiger partial charge in [0.15, 0.2) is 6.10 Å². The number of hydrogen-bond acceptors (Lipinski definition) is 4. The van der Waals surface area contributed by atoms with Crippen LogP contribution in [0.2, 0.25) is 5.02 Å². The maximum atomic E-state index is 12.4. The molecule has 8 heteroatoms. The van der Waals surface area contributed by atoms with Crippen LogP contribution in [0, 0.1) is 13.8 Å². The second-order valence-electron chi connectivity index (χ2n) is 6.70. The molecule has 0 fully saturated rings. The van der Waals surface area contributed by atoms with Gasteiger partial charge in [-0.25, -0.2) is 4.79 Å². The first-order valence-electron chi connectivity index (χ1n) is 9.05. The van der Waals surface area contributed by atoms with Gasteiger partial charge in [0, 0.05) is 10.7 Å². The average molecular weight is 418 g/mol. The summed E-state index contributed by atoms with van der Waals surface area (Å²) in [6.45, 7) is 5.25. The molecular weight excluding hydrogens is 394 g/mol. The fourth-order valence-electron chi connectivity index (χ4n) is 2.82. The summed E-state index contributed by atoms with van der Waals surface area (Å²) < 4.78 is 5.25. The van der Waals surface area contributed by atoms with Crippen molar-refractivity contribution in [2.24, 2.45) is 5.73 Å². The Bertz CT molecular complexity index is 879. The zero-order valence-corrected chi connectivity index (χ0v) is 17.2. The number of nitrogens with two attached hydrogens (primary N) is 1. The molecule has 0 bridgehead atoms. The first-order chi connectivity index (χ1) is 13.7. The van der Waals surface area contributed by atoms with Crippen LogP contribution >= 0.6 is 11.6 Å². The van der Waals surface area contributed by atoms with Gasteiger partial charge in [0.2, 0.25) is 0 Å². The van der Waals surface area contributed by atoms with E-state index in [4.69, 9.17) is 22.1 Å². The number of benzene rings is 2. The maximum absolute atomic E-state index is 12.4. The smallest absolute Gasteiger partial charge is 0.312 e. The Morgan fingerprint density at radius 2 is 1.66 bits per heavy atom. The van der Waals surface area contributed by atoms with Crippen LogP contribution in [0.1, 0.15) is 36.1 Å². The van der Waals surface area contributed by atoms with Crippen molar-refractivity contribution >= 4 is 35.2 Å². The topological polar surface area (TPSA) is 111 Å². The number of aryl methyl sites for hydroxylation is 2. The average Bonchev–Trinajstić information content (AvgIpc) is 2.64. The third kappa shape index (κ3) is 6.50. The molecule has 29 heavy (non-hydrogen) atoms. The SMILES string of the molecule is Cc1cccc(C)c1NC(=O)[C@H](C)OC(=O)C[C@@H](NC(N)=O)c1ccc(Cl)cc1. The highest BCUT2D eigenvalue weighted by Crippen LogP contribution is 2.22. The lowest BCUT2D eigenvalue weighted by Crippen LogP contribution is -2.36. The van der Waals surface area contributed by atoms with E-state index in [1.807, 2.05) is 32.0 Å². The highest BCUT2D eigenvalue weighted by Gasteiger charge is 2.23. The van der Waals surface area contributed by atoms with Gasteiger partial charge in [0.1, 0.15) is 0 Å². The summed E-state index contributed by atoms with van der Waals surface area (Å²) in [5.41, 5.74) is 8.35. The number of nitrogens with one attached hydrogen (secondary N) is 2. The Morgan fingerprint density at radius 1 is 1.07 bits per heavy atom. The number of carbonyl (C=O) groups is 3. The van der Waals surface area contributed by atoms with E-state index in [-0.39, 0.29) is 6.42 Å². The lowest BCUT2D eigenvalue weighted by atomic mass is 10.0. The number of para-hydroxylation sites is 1. The molecule has 0 spiro atoms. The van der Waals surface area contributed by atoms with Crippen LogP contribution in [0.15, 0.2) is 42.5 Å². The van der Waals surface area contributed by atoms with E-state index < -0.39 is 30.1 Å². The number of carbonyl (C=O) groups excluding carboxylic acids is 3. The van der Waals surface area contributed by atoms with Gasteiger partial charge in [0.05, 0.1) is 12.5 Å². The molecule has 0 unspecified atom stereocenters. The van der Waals surface area contributed by atoms with Crippen LogP contribution in [0.25, 0.3) is 0 Å². The minimum Gasteiger partial charge on any atom is -0.452 e. The van der Waals surface area contributed by atoms with Crippen molar-refractivity contribution in [2.75, 3.05) is 5.32 Å². The van der Waals surface area contributed by atoms with Crippen molar-refractivity contribution in [1.82, 2.24) is 5.32 Å². The van der Waals surface area contributed by atoms with Gasteiger partial charge in [-0.05, 0) is 49.6 Å². The molecule has 0 aromatic heterocycles. The summed E-state index contributed by atoms with van der Waals surface area (Å²) in [7, 11) is 0. The lowest BCUT2D eigenvalue weighted by molar-refractivity contribution is -0.153. The summed E-state index contributed by atoms with van der Waals surface area (Å²) in [5.74, 6) is -1.09. The molecule has 154 valence electrons. The number of anilines is 1. The molecule has 7 nitrogen and oxygen atoms in total. The van der Waals surface area contributed by atoms with Crippen LogP contribution in [-0.4, -0.2) is 24.0 Å². The molecule has 4 N–H and O–H groups in total. The standard InChI is InChI=1S/C21H24ClN3O4/c1-12-5-4-6-13(2)19(12)25-20(27)14(3)29-18(26)11-17(24-21(23)28)15-7-9-16(22)10-8-15/h4-10,14,17H,11H2,1-3H3,(H,25,27)(H3,23,24,28)/t14-,17+/m0/s1. The van der Waals surface area contributed by atoms with Gasteiger partial charge >= 0.3 is 12.0 Å². The summed E-state index contributed by atoms with van der Waals surface area (Å²) in [6.07, 6.45) is -1.20. The Hall–Kier alpha value is -3.06. The quantitative estimate of drug-likeness (QED) is 0.597. The number of ether oxygens (including phenoxy) is 1. The van der Waals surface area contributed by atoms with Crippen molar-refractivity contribution in [3.8, 4) is 0 Å². The Labute approximate surface area is 174 Å². The third-order valence-electron chi connectivity index (χ3n) is 4.37. The summed E-state index contributed by atoms with van der Waals surface area (Å²) in [6, 6.07) is 10.8. The second-order valence-corrected chi connectivity index (χ2v) is 7.14. The predicted octanol–water partition coefficient (Wildman–Crippen LogP) is 3.63. The second kappa shape index (κ2) is 9.93. The van der Waals surface area contributed by atoms with Crippen LogP contribution in [-0.2, 0) is 14.3 Å². The molecule has 2 aromatic rings. The zero-order chi connectivity index (χ0) is 21.6. The zero-order valence-electron chi connectivity index (χ0n) is 16.5. The van der Waals surface area contributed by atoms with Crippen LogP contribution < -0.4 is 16.4 Å². The number of hydrogen-bond donors (Lipinski definition) is 3. The molecule has 3 amide bonds. The Balaban J connectivity index is 2.02. The van der Waals surface area contributed by atoms with Gasteiger partial charge in [0.25, 0.3) is 5.91 Å². The van der Waals surface area contributed by atoms with E-state index >= 15 is 0 Å². The molecule has 0 radical (unpaired) electrons. The molecule has 0 saturated carbocycles. The number of rotatable bonds is 7. The fraction of sp³-hybridized carbons (Fsp3) is 0.286. The molecule has 0 aliphatic carbocycles. The van der Waals surface area contributed by atoms with Gasteiger partial charge in [-0.3, -0.25) is 9.59 Å². The molecule has 0 aliphatic heterocycles. The molecule has 0 saturated heterocycles. The predicted molar refractivity (Wildman–Crippen MR) is 112 cm³/mol. The highest BCUT2D eigenvalue weighted by atomic mass is 35.5. The summed E-state index contributed by atoms with van der Waals surface area (Å²) in [5, 5.41) is 5.80. The molecule has 2 atom stereocenters. The molecule has 2 rings (SSSR count). The van der Waals surface area contributed by atoms with E-state index in [0.29, 0.717) is 16.3 Å². The maximum Gasteiger partial charge on any atom is 0.312 e. The molecule has 0 aliphatic rings. The lowest BCUT2D eigenvalue weighted by Gasteiger charge is -2.20. The van der Waals surface area contributed by atoms with E-state index in [1.165, 1.54) is 6.92 Å². The first-order valence-corrected chi connectivity index (χ1v) is 9.43. The van der Waals surface area contributed by atoms with Gasteiger partial charge < -0.3 is 21.1 Å². The van der Waals surface area contributed by atoms with Gasteiger partial charge in [-0.1, -0.05) is 41.9 Å². The number of esters is 1. The monoisotopic (exact) mass is 417 g/mol. The summed E-state index contributed by atoms with van der Waals surface area (Å²) >= 11 is 5.87. The van der Waals surface area contributed by atoms with Crippen LogP contribution in [0.4, 0.5) is 10.5 Å². The minimum absolute atomic E-state index is 0.189. The number of halogens is 1. The highest BCUT2D eigenvalue weighted by molar-refractivity contribution is 6.30. The van der Waals surface area contributed by atoms with E-state index in [0.717, 1.165) is 11.1 Å². The molecular formula is C21H24ClN3O4. The van der Waals surface area contributed by atoms with Crippen molar-refractivity contribution in [2.45, 2.75) is 39.3 Å². The molecule has 0 heterocycles. The molecule has 2 aromatic carbocycles. The first kappa shape index (κ1) is 22.2. The van der Waals surface area contributed by atoms with Crippen molar-refractivity contribution < 1.29 is 19.1 Å². The van der Waals surface area contributed by atoms with E-state index in [2.05, 4.69) is 10.6 Å². The van der Waals surface area contributed by atoms with Crippen LogP contribution in [0.3, 0.4) is 0 Å². The third-order valence-corrected chi connectivity index (χ3v) is 4.62. The van der Waals surface area contributed by atoms with Crippen LogP contribution in [0.5, 0.6) is 0 Å². The number of primary amides is 1. The normalized spacial score (nSPS) is 12.6. The van der Waals surface area contributed by atoms with Crippen molar-refractivity contribution in [3.05, 3.63) is 64.2 Å². The minimum atomic E-state index is -1.01. The number of amides is 3. The van der Waals surface area contributed by atoms with E-state index in [1.54, 1.807) is 24.3 Å². The largest absolute Gasteiger partial charge is 0.452 e. The Morgan fingerprint density at radius 3 is 2.21 bits per heavy atom. The van der Waals surface area contributed by atoms with Gasteiger partial charge in [-0.2, -0.15) is 0 Å². The van der Waals surface area contributed by atoms with Crippen molar-refractivity contribution in [1.29, 1.82) is 0 Å².